The van der Waals surface area contributed by atoms with Crippen molar-refractivity contribution in [3.05, 3.63) is 29.6 Å². The third-order valence-corrected chi connectivity index (χ3v) is 4.12. The summed E-state index contributed by atoms with van der Waals surface area (Å²) in [5.41, 5.74) is 0.939. The van der Waals surface area contributed by atoms with E-state index in [4.69, 9.17) is 0 Å². The normalized spacial score (nSPS) is 21.6. The van der Waals surface area contributed by atoms with E-state index in [2.05, 4.69) is 17.2 Å². The summed E-state index contributed by atoms with van der Waals surface area (Å²) >= 11 is 0. The summed E-state index contributed by atoms with van der Waals surface area (Å²) in [6.45, 7) is 4.54. The SMILES string of the molecule is CC1(CN2C(=O)c3ccncc3C2=O)CCNCC1. The number of nitrogens with one attached hydrogen (secondary N) is 1. The van der Waals surface area contributed by atoms with Gasteiger partial charge in [-0.2, -0.15) is 0 Å². The van der Waals surface area contributed by atoms with Gasteiger partial charge in [-0.1, -0.05) is 6.92 Å². The molecule has 0 aromatic carbocycles. The van der Waals surface area contributed by atoms with E-state index in [1.54, 1.807) is 12.3 Å². The molecule has 1 saturated heterocycles. The summed E-state index contributed by atoms with van der Waals surface area (Å²) in [6, 6.07) is 1.63. The first-order valence-electron chi connectivity index (χ1n) is 6.62. The Balaban J connectivity index is 1.84. The lowest BCUT2D eigenvalue weighted by molar-refractivity contribution is 0.0548. The highest BCUT2D eigenvalue weighted by Crippen LogP contribution is 2.32. The molecule has 2 aliphatic heterocycles. The van der Waals surface area contributed by atoms with Crippen molar-refractivity contribution in [3.63, 3.8) is 0 Å². The van der Waals surface area contributed by atoms with Crippen LogP contribution in [0.1, 0.15) is 40.5 Å². The van der Waals surface area contributed by atoms with Gasteiger partial charge in [-0.05, 0) is 37.4 Å². The Morgan fingerprint density at radius 3 is 2.63 bits per heavy atom. The fourth-order valence-corrected chi connectivity index (χ4v) is 2.85. The molecule has 5 heteroatoms. The molecule has 0 aliphatic carbocycles. The number of piperidine rings is 1. The van der Waals surface area contributed by atoms with Crippen LogP contribution in [0.2, 0.25) is 0 Å². The quantitative estimate of drug-likeness (QED) is 0.807. The van der Waals surface area contributed by atoms with Crippen LogP contribution >= 0.6 is 0 Å². The van der Waals surface area contributed by atoms with Crippen LogP contribution in [0.4, 0.5) is 0 Å². The van der Waals surface area contributed by atoms with Crippen LogP contribution in [0.25, 0.3) is 0 Å². The van der Waals surface area contributed by atoms with Crippen LogP contribution in [-0.4, -0.2) is 41.3 Å². The number of hydrogen-bond donors (Lipinski definition) is 1. The number of pyridine rings is 1. The molecule has 3 heterocycles. The minimum Gasteiger partial charge on any atom is -0.317 e. The van der Waals surface area contributed by atoms with Crippen molar-refractivity contribution in [1.82, 2.24) is 15.2 Å². The van der Waals surface area contributed by atoms with Gasteiger partial charge in [0.1, 0.15) is 0 Å². The second-order valence-corrected chi connectivity index (χ2v) is 5.68. The lowest BCUT2D eigenvalue weighted by Gasteiger charge is -2.36. The van der Waals surface area contributed by atoms with Gasteiger partial charge in [-0.15, -0.1) is 0 Å². The second kappa shape index (κ2) is 4.42. The van der Waals surface area contributed by atoms with E-state index in [1.807, 2.05) is 0 Å². The largest absolute Gasteiger partial charge is 0.317 e. The summed E-state index contributed by atoms with van der Waals surface area (Å²) in [5, 5.41) is 3.31. The van der Waals surface area contributed by atoms with Gasteiger partial charge >= 0.3 is 0 Å². The summed E-state index contributed by atoms with van der Waals surface area (Å²) in [6.07, 6.45) is 5.01. The minimum atomic E-state index is -0.201. The third-order valence-electron chi connectivity index (χ3n) is 4.12. The molecule has 5 nitrogen and oxygen atoms in total. The smallest absolute Gasteiger partial charge is 0.263 e. The summed E-state index contributed by atoms with van der Waals surface area (Å²) in [4.78, 5) is 29.9. The maximum atomic E-state index is 12.3. The molecule has 1 fully saturated rings. The predicted molar refractivity (Wildman–Crippen MR) is 69.8 cm³/mol. The molecule has 0 atom stereocenters. The molecule has 3 rings (SSSR count). The number of rotatable bonds is 2. The molecule has 2 amide bonds. The van der Waals surface area contributed by atoms with Crippen molar-refractivity contribution in [2.45, 2.75) is 19.8 Å². The van der Waals surface area contributed by atoms with Gasteiger partial charge in [0.2, 0.25) is 0 Å². The monoisotopic (exact) mass is 259 g/mol. The lowest BCUT2D eigenvalue weighted by Crippen LogP contribution is -2.45. The Morgan fingerprint density at radius 1 is 1.26 bits per heavy atom. The molecule has 0 unspecified atom stereocenters. The maximum Gasteiger partial charge on any atom is 0.263 e. The molecule has 2 aliphatic rings. The molecule has 0 saturated carbocycles. The van der Waals surface area contributed by atoms with Gasteiger partial charge in [0.15, 0.2) is 0 Å². The van der Waals surface area contributed by atoms with E-state index in [-0.39, 0.29) is 17.2 Å². The Labute approximate surface area is 112 Å². The van der Waals surface area contributed by atoms with E-state index in [0.29, 0.717) is 17.7 Å². The van der Waals surface area contributed by atoms with E-state index < -0.39 is 0 Å². The van der Waals surface area contributed by atoms with Crippen LogP contribution in [-0.2, 0) is 0 Å². The number of carbonyl (C=O) groups excluding carboxylic acids is 2. The molecule has 0 radical (unpaired) electrons. The van der Waals surface area contributed by atoms with Gasteiger partial charge in [-0.25, -0.2) is 0 Å². The number of fused-ring (bicyclic) bond motifs is 1. The van der Waals surface area contributed by atoms with Crippen molar-refractivity contribution in [2.75, 3.05) is 19.6 Å². The Hall–Kier alpha value is -1.75. The summed E-state index contributed by atoms with van der Waals surface area (Å²) < 4.78 is 0. The first-order valence-corrected chi connectivity index (χ1v) is 6.62. The number of imide groups is 1. The fourth-order valence-electron chi connectivity index (χ4n) is 2.85. The highest BCUT2D eigenvalue weighted by Gasteiger charge is 2.40. The van der Waals surface area contributed by atoms with Crippen LogP contribution in [0.3, 0.4) is 0 Å². The molecule has 1 aromatic rings. The van der Waals surface area contributed by atoms with E-state index in [0.717, 1.165) is 25.9 Å². The maximum absolute atomic E-state index is 12.3. The van der Waals surface area contributed by atoms with Crippen molar-refractivity contribution in [3.8, 4) is 0 Å². The first kappa shape index (κ1) is 12.3. The number of carbonyl (C=O) groups is 2. The highest BCUT2D eigenvalue weighted by molar-refractivity contribution is 6.21. The molecular formula is C14H17N3O2. The zero-order chi connectivity index (χ0) is 13.5. The Bertz CT molecular complexity index is 500. The van der Waals surface area contributed by atoms with Crippen molar-refractivity contribution in [1.29, 1.82) is 0 Å². The Kier molecular flexibility index (Phi) is 2.86. The van der Waals surface area contributed by atoms with Crippen molar-refractivity contribution < 1.29 is 9.59 Å². The second-order valence-electron chi connectivity index (χ2n) is 5.68. The molecule has 19 heavy (non-hydrogen) atoms. The molecule has 0 bridgehead atoms. The Morgan fingerprint density at radius 2 is 1.95 bits per heavy atom. The van der Waals surface area contributed by atoms with E-state index in [9.17, 15) is 9.59 Å². The number of hydrogen-bond acceptors (Lipinski definition) is 4. The average molecular weight is 259 g/mol. The lowest BCUT2D eigenvalue weighted by atomic mass is 9.80. The van der Waals surface area contributed by atoms with Gasteiger partial charge in [-0.3, -0.25) is 19.5 Å². The van der Waals surface area contributed by atoms with Gasteiger partial charge in [0.05, 0.1) is 11.1 Å². The standard InChI is InChI=1S/C14H17N3O2/c1-14(3-6-15-7-4-14)9-17-12(18)10-2-5-16-8-11(10)13(17)19/h2,5,8,15H,3-4,6-7,9H2,1H3. The predicted octanol–water partition coefficient (Wildman–Crippen LogP) is 1.07. The fraction of sp³-hybridized carbons (Fsp3) is 0.500. The van der Waals surface area contributed by atoms with Gasteiger partial charge in [0, 0.05) is 18.9 Å². The van der Waals surface area contributed by atoms with Gasteiger partial charge in [0.25, 0.3) is 11.8 Å². The van der Waals surface area contributed by atoms with E-state index >= 15 is 0 Å². The van der Waals surface area contributed by atoms with Crippen LogP contribution in [0, 0.1) is 5.41 Å². The topological polar surface area (TPSA) is 62.3 Å². The average Bonchev–Trinajstić information content (AvgIpc) is 2.65. The van der Waals surface area contributed by atoms with Crippen LogP contribution in [0.5, 0.6) is 0 Å². The third kappa shape index (κ3) is 2.04. The van der Waals surface area contributed by atoms with Crippen LogP contribution < -0.4 is 5.32 Å². The number of aromatic nitrogens is 1. The minimum absolute atomic E-state index is 0.0199. The molecule has 1 aromatic heterocycles. The van der Waals surface area contributed by atoms with Gasteiger partial charge < -0.3 is 5.32 Å². The van der Waals surface area contributed by atoms with Crippen molar-refractivity contribution in [2.24, 2.45) is 5.41 Å². The summed E-state index contributed by atoms with van der Waals surface area (Å²) in [5.74, 6) is -0.380. The molecule has 0 spiro atoms. The number of amides is 2. The van der Waals surface area contributed by atoms with E-state index in [1.165, 1.54) is 11.1 Å². The number of nitrogens with zero attached hydrogens (tertiary/aromatic N) is 2. The zero-order valence-electron chi connectivity index (χ0n) is 11.0. The van der Waals surface area contributed by atoms with Crippen LogP contribution in [0.15, 0.2) is 18.5 Å². The molecule has 100 valence electrons. The highest BCUT2D eigenvalue weighted by atomic mass is 16.2. The molecular weight excluding hydrogens is 242 g/mol. The molecule has 1 N–H and O–H groups in total. The van der Waals surface area contributed by atoms with Crippen molar-refractivity contribution >= 4 is 11.8 Å². The first-order chi connectivity index (χ1) is 9.11. The summed E-state index contributed by atoms with van der Waals surface area (Å²) in [7, 11) is 0. The zero-order valence-corrected chi connectivity index (χ0v) is 11.0.